The van der Waals surface area contributed by atoms with Crippen LogP contribution in [0.25, 0.3) is 11.1 Å². The summed E-state index contributed by atoms with van der Waals surface area (Å²) in [5.41, 5.74) is 2.95. The Bertz CT molecular complexity index is 622. The highest BCUT2D eigenvalue weighted by molar-refractivity contribution is 6.03. The van der Waals surface area contributed by atoms with E-state index < -0.39 is 0 Å². The van der Waals surface area contributed by atoms with E-state index in [1.54, 1.807) is 7.11 Å². The second-order valence-corrected chi connectivity index (χ2v) is 5.62. The van der Waals surface area contributed by atoms with Gasteiger partial charge in [-0.2, -0.15) is 0 Å². The Kier molecular flexibility index (Phi) is 4.05. The van der Waals surface area contributed by atoms with Crippen LogP contribution in [-0.2, 0) is 0 Å². The minimum Gasteiger partial charge on any atom is -0.497 e. The van der Waals surface area contributed by atoms with Crippen LogP contribution in [0.15, 0.2) is 48.5 Å². The Hall–Kier alpha value is -2.09. The predicted octanol–water partition coefficient (Wildman–Crippen LogP) is 4.74. The number of ether oxygens (including phenoxy) is 1. The Balaban J connectivity index is 1.96. The van der Waals surface area contributed by atoms with E-state index in [2.05, 4.69) is 0 Å². The largest absolute Gasteiger partial charge is 0.497 e. The molecule has 3 rings (SSSR count). The van der Waals surface area contributed by atoms with Crippen LogP contribution in [0.3, 0.4) is 0 Å². The van der Waals surface area contributed by atoms with Gasteiger partial charge in [0.2, 0.25) is 0 Å². The molecule has 0 heterocycles. The molecule has 108 valence electrons. The molecule has 0 N–H and O–H groups in total. The molecule has 2 aromatic rings. The van der Waals surface area contributed by atoms with Gasteiger partial charge in [-0.15, -0.1) is 0 Å². The molecule has 0 radical (unpaired) electrons. The van der Waals surface area contributed by atoms with E-state index in [1.165, 1.54) is 12.8 Å². The molecule has 21 heavy (non-hydrogen) atoms. The predicted molar refractivity (Wildman–Crippen MR) is 84.7 cm³/mol. The first-order chi connectivity index (χ1) is 10.3. The molecule has 0 saturated heterocycles. The van der Waals surface area contributed by atoms with Crippen LogP contribution in [-0.4, -0.2) is 12.9 Å². The minimum absolute atomic E-state index is 0.212. The van der Waals surface area contributed by atoms with Crippen LogP contribution >= 0.6 is 0 Å². The van der Waals surface area contributed by atoms with Gasteiger partial charge >= 0.3 is 0 Å². The summed E-state index contributed by atoms with van der Waals surface area (Å²) in [6, 6.07) is 15.8. The lowest BCUT2D eigenvalue weighted by Gasteiger charge is -2.13. The highest BCUT2D eigenvalue weighted by Crippen LogP contribution is 2.32. The van der Waals surface area contributed by atoms with Crippen LogP contribution in [0, 0.1) is 5.92 Å². The van der Waals surface area contributed by atoms with E-state index in [0.29, 0.717) is 5.78 Å². The molecule has 1 fully saturated rings. The molecular formula is C19H20O2. The first-order valence-electron chi connectivity index (χ1n) is 7.57. The minimum atomic E-state index is 0.212. The molecular weight excluding hydrogens is 260 g/mol. The normalized spacial score (nSPS) is 15.1. The average molecular weight is 280 g/mol. The second kappa shape index (κ2) is 6.13. The van der Waals surface area contributed by atoms with Crippen LogP contribution in [0.5, 0.6) is 5.75 Å². The number of hydrogen-bond acceptors (Lipinski definition) is 2. The van der Waals surface area contributed by atoms with Gasteiger partial charge in [-0.3, -0.25) is 4.79 Å². The van der Waals surface area contributed by atoms with Gasteiger partial charge < -0.3 is 4.74 Å². The van der Waals surface area contributed by atoms with Crippen molar-refractivity contribution in [2.75, 3.05) is 7.11 Å². The van der Waals surface area contributed by atoms with E-state index in [-0.39, 0.29) is 5.92 Å². The van der Waals surface area contributed by atoms with Gasteiger partial charge in [-0.25, -0.2) is 0 Å². The molecule has 2 nitrogen and oxygen atoms in total. The summed E-state index contributed by atoms with van der Waals surface area (Å²) >= 11 is 0. The van der Waals surface area contributed by atoms with Crippen molar-refractivity contribution in [3.63, 3.8) is 0 Å². The lowest BCUT2D eigenvalue weighted by Crippen LogP contribution is -2.12. The smallest absolute Gasteiger partial charge is 0.166 e. The van der Waals surface area contributed by atoms with Gasteiger partial charge in [0.25, 0.3) is 0 Å². The van der Waals surface area contributed by atoms with Crippen molar-refractivity contribution in [2.45, 2.75) is 25.7 Å². The third-order valence-electron chi connectivity index (χ3n) is 4.32. The Morgan fingerprint density at radius 1 is 1.00 bits per heavy atom. The number of benzene rings is 2. The van der Waals surface area contributed by atoms with Crippen molar-refractivity contribution in [2.24, 2.45) is 5.92 Å². The molecule has 0 aliphatic heterocycles. The van der Waals surface area contributed by atoms with E-state index in [9.17, 15) is 4.79 Å². The maximum Gasteiger partial charge on any atom is 0.166 e. The number of ketones is 1. The summed E-state index contributed by atoms with van der Waals surface area (Å²) in [6.45, 7) is 0. The maximum atomic E-state index is 12.7. The topological polar surface area (TPSA) is 26.3 Å². The Morgan fingerprint density at radius 3 is 2.33 bits per heavy atom. The molecule has 1 saturated carbocycles. The summed E-state index contributed by atoms with van der Waals surface area (Å²) in [6.07, 6.45) is 4.44. The quantitative estimate of drug-likeness (QED) is 0.756. The Morgan fingerprint density at radius 2 is 1.67 bits per heavy atom. The molecule has 2 aromatic carbocycles. The molecule has 0 atom stereocenters. The molecule has 0 unspecified atom stereocenters. The SMILES string of the molecule is COc1ccc(-c2ccccc2C(=O)C2CCCC2)cc1. The van der Waals surface area contributed by atoms with E-state index in [0.717, 1.165) is 35.3 Å². The summed E-state index contributed by atoms with van der Waals surface area (Å²) in [5.74, 6) is 1.35. The second-order valence-electron chi connectivity index (χ2n) is 5.62. The molecule has 0 bridgehead atoms. The van der Waals surface area contributed by atoms with E-state index >= 15 is 0 Å². The van der Waals surface area contributed by atoms with Crippen LogP contribution in [0.2, 0.25) is 0 Å². The lowest BCUT2D eigenvalue weighted by molar-refractivity contribution is 0.0923. The van der Waals surface area contributed by atoms with E-state index in [1.807, 2.05) is 48.5 Å². The van der Waals surface area contributed by atoms with E-state index in [4.69, 9.17) is 4.74 Å². The molecule has 0 aromatic heterocycles. The van der Waals surface area contributed by atoms with Crippen molar-refractivity contribution >= 4 is 5.78 Å². The number of Topliss-reactive ketones (excluding diaryl/α,β-unsaturated/α-hetero) is 1. The zero-order valence-corrected chi connectivity index (χ0v) is 12.3. The summed E-state index contributed by atoms with van der Waals surface area (Å²) in [7, 11) is 1.66. The van der Waals surface area contributed by atoms with Gasteiger partial charge in [0.05, 0.1) is 7.11 Å². The monoisotopic (exact) mass is 280 g/mol. The highest BCUT2D eigenvalue weighted by atomic mass is 16.5. The molecule has 0 amide bonds. The highest BCUT2D eigenvalue weighted by Gasteiger charge is 2.25. The Labute approximate surface area is 125 Å². The summed E-state index contributed by atoms with van der Waals surface area (Å²) in [5, 5.41) is 0. The van der Waals surface area contributed by atoms with Gasteiger partial charge in [0.1, 0.15) is 5.75 Å². The summed E-state index contributed by atoms with van der Waals surface area (Å²) < 4.78 is 5.20. The molecule has 1 aliphatic carbocycles. The van der Waals surface area contributed by atoms with Gasteiger partial charge in [-0.1, -0.05) is 49.2 Å². The van der Waals surface area contributed by atoms with Gasteiger partial charge in [0, 0.05) is 11.5 Å². The fraction of sp³-hybridized carbons (Fsp3) is 0.316. The zero-order chi connectivity index (χ0) is 14.7. The van der Waals surface area contributed by atoms with Crippen LogP contribution in [0.1, 0.15) is 36.0 Å². The fourth-order valence-electron chi connectivity index (χ4n) is 3.13. The number of carbonyl (C=O) groups is 1. The van der Waals surface area contributed by atoms with Crippen LogP contribution < -0.4 is 4.74 Å². The molecule has 2 heteroatoms. The standard InChI is InChI=1S/C19H20O2/c1-21-16-12-10-14(11-13-16)17-8-4-5-9-18(17)19(20)15-6-2-3-7-15/h4-5,8-13,15H,2-3,6-7H2,1H3. The zero-order valence-electron chi connectivity index (χ0n) is 12.3. The number of hydrogen-bond donors (Lipinski definition) is 0. The molecule has 0 spiro atoms. The van der Waals surface area contributed by atoms with Gasteiger partial charge in [-0.05, 0) is 36.1 Å². The first-order valence-corrected chi connectivity index (χ1v) is 7.57. The van der Waals surface area contributed by atoms with Crippen molar-refractivity contribution in [3.8, 4) is 16.9 Å². The maximum absolute atomic E-state index is 12.7. The lowest BCUT2D eigenvalue weighted by atomic mass is 9.90. The van der Waals surface area contributed by atoms with Crippen LogP contribution in [0.4, 0.5) is 0 Å². The van der Waals surface area contributed by atoms with Gasteiger partial charge in [0.15, 0.2) is 5.78 Å². The first kappa shape index (κ1) is 13.9. The van der Waals surface area contributed by atoms with Crippen molar-refractivity contribution in [3.05, 3.63) is 54.1 Å². The fourth-order valence-corrected chi connectivity index (χ4v) is 3.13. The number of rotatable bonds is 4. The number of carbonyl (C=O) groups excluding carboxylic acids is 1. The average Bonchev–Trinajstić information content (AvgIpc) is 3.09. The summed E-state index contributed by atoms with van der Waals surface area (Å²) in [4.78, 5) is 12.7. The number of methoxy groups -OCH3 is 1. The van der Waals surface area contributed by atoms with Crippen molar-refractivity contribution in [1.82, 2.24) is 0 Å². The van der Waals surface area contributed by atoms with Crippen molar-refractivity contribution in [1.29, 1.82) is 0 Å². The van der Waals surface area contributed by atoms with Crippen molar-refractivity contribution < 1.29 is 9.53 Å². The third kappa shape index (κ3) is 2.85. The molecule has 1 aliphatic rings. The third-order valence-corrected chi connectivity index (χ3v) is 4.32.